The number of hydrogen-bond donors (Lipinski definition) is 0. The van der Waals surface area contributed by atoms with E-state index in [-0.39, 0.29) is 31.1 Å². The van der Waals surface area contributed by atoms with Crippen molar-refractivity contribution in [1.82, 2.24) is 0 Å². The molecule has 0 spiro atoms. The highest BCUT2D eigenvalue weighted by molar-refractivity contribution is 5.71. The lowest BCUT2D eigenvalue weighted by atomic mass is 9.99. The topological polar surface area (TPSA) is 78.9 Å². The molecule has 0 radical (unpaired) electrons. The summed E-state index contributed by atoms with van der Waals surface area (Å²) in [7, 11) is 0. The molecule has 0 saturated heterocycles. The fourth-order valence-electron chi connectivity index (χ4n) is 10.4. The lowest BCUT2D eigenvalue weighted by Gasteiger charge is -2.18. The zero-order chi connectivity index (χ0) is 53.3. The molecule has 434 valence electrons. The normalized spacial score (nSPS) is 12.5. The first kappa shape index (κ1) is 71.4. The largest absolute Gasteiger partial charge is 0.462 e. The summed E-state index contributed by atoms with van der Waals surface area (Å²) in [5, 5.41) is 0. The van der Waals surface area contributed by atoms with Crippen LogP contribution in [0.2, 0.25) is 0 Å². The Bertz CT molecular complexity index is 1130. The van der Waals surface area contributed by atoms with Crippen LogP contribution in [-0.4, -0.2) is 37.2 Å². The summed E-state index contributed by atoms with van der Waals surface area (Å²) in [5.41, 5.74) is 0. The molecule has 0 N–H and O–H groups in total. The van der Waals surface area contributed by atoms with Crippen LogP contribution in [0.15, 0.2) is 0 Å². The van der Waals surface area contributed by atoms with Crippen molar-refractivity contribution in [1.29, 1.82) is 0 Å². The molecule has 1 unspecified atom stereocenters. The van der Waals surface area contributed by atoms with Crippen molar-refractivity contribution in [2.45, 2.75) is 382 Å². The molecule has 0 heterocycles. The summed E-state index contributed by atoms with van der Waals surface area (Å²) >= 11 is 0. The van der Waals surface area contributed by atoms with E-state index in [4.69, 9.17) is 14.2 Å². The van der Waals surface area contributed by atoms with Gasteiger partial charge in [0.1, 0.15) is 13.2 Å². The fraction of sp³-hybridized carbons (Fsp3) is 0.955. The predicted molar refractivity (Wildman–Crippen MR) is 316 cm³/mol. The number of carbonyl (C=O) groups is 3. The molecule has 0 aliphatic heterocycles. The zero-order valence-electron chi connectivity index (χ0n) is 50.4. The second-order valence-electron chi connectivity index (χ2n) is 24.3. The third-order valence-corrected chi connectivity index (χ3v) is 15.8. The third-order valence-electron chi connectivity index (χ3n) is 15.8. The molecule has 0 aromatic rings. The molecule has 0 aromatic carbocycles. The Morgan fingerprint density at radius 2 is 0.479 bits per heavy atom. The SMILES string of the molecule is CCC(C)CCCCCCCCCCCCCCCCCCCCC(=O)O[C@@H](COC(=O)CCCCCCCCCCCCCCCCCC(C)C)COC(=O)CCCCCCCCCCCCCCC(C)C. The minimum atomic E-state index is -0.765. The van der Waals surface area contributed by atoms with E-state index in [1.807, 2.05) is 0 Å². The Balaban J connectivity index is 4.27. The molecular weight excluding hydrogens is 901 g/mol. The first-order chi connectivity index (χ1) is 35.6. The Labute approximate surface area is 457 Å². The standard InChI is InChI=1S/C67H130O6/c1-7-63(6)55-49-43-37-31-25-18-14-10-8-9-11-15-20-28-34-40-46-52-58-67(70)73-64(60-72-66(69)57-51-45-39-33-27-22-21-24-30-36-42-48-54-62(4)5)59-71-65(68)56-50-44-38-32-26-19-16-12-13-17-23-29-35-41-47-53-61(2)3/h61-64H,7-60H2,1-6H3/t63?,64-/m0/s1. The van der Waals surface area contributed by atoms with Crippen LogP contribution < -0.4 is 0 Å². The summed E-state index contributed by atoms with van der Waals surface area (Å²) in [6, 6.07) is 0. The quantitative estimate of drug-likeness (QED) is 0.0343. The first-order valence-electron chi connectivity index (χ1n) is 33.1. The number of ether oxygens (including phenoxy) is 3. The molecular formula is C67H130O6. The second-order valence-corrected chi connectivity index (χ2v) is 24.3. The van der Waals surface area contributed by atoms with E-state index >= 15 is 0 Å². The van der Waals surface area contributed by atoms with E-state index in [2.05, 4.69) is 41.5 Å². The highest BCUT2D eigenvalue weighted by atomic mass is 16.6. The van der Waals surface area contributed by atoms with Crippen LogP contribution in [0.25, 0.3) is 0 Å². The lowest BCUT2D eigenvalue weighted by Crippen LogP contribution is -2.30. The Morgan fingerprint density at radius 3 is 0.712 bits per heavy atom. The summed E-state index contributed by atoms with van der Waals surface area (Å²) in [4.78, 5) is 38.4. The van der Waals surface area contributed by atoms with Crippen LogP contribution in [0.5, 0.6) is 0 Å². The molecule has 0 bridgehead atoms. The van der Waals surface area contributed by atoms with Crippen LogP contribution in [0, 0.1) is 17.8 Å². The molecule has 6 heteroatoms. The molecule has 0 amide bonds. The molecule has 73 heavy (non-hydrogen) atoms. The molecule has 0 fully saturated rings. The van der Waals surface area contributed by atoms with Gasteiger partial charge in [-0.05, 0) is 37.0 Å². The summed E-state index contributed by atoms with van der Waals surface area (Å²) in [6.07, 6.45) is 63.9. The predicted octanol–water partition coefficient (Wildman–Crippen LogP) is 22.2. The Kier molecular flexibility index (Phi) is 56.8. The number of rotatable bonds is 60. The smallest absolute Gasteiger partial charge is 0.306 e. The van der Waals surface area contributed by atoms with Gasteiger partial charge in [-0.25, -0.2) is 0 Å². The Hall–Kier alpha value is -1.59. The fourth-order valence-corrected chi connectivity index (χ4v) is 10.4. The van der Waals surface area contributed by atoms with E-state index < -0.39 is 6.10 Å². The van der Waals surface area contributed by atoms with Gasteiger partial charge in [0.25, 0.3) is 0 Å². The average Bonchev–Trinajstić information content (AvgIpc) is 3.37. The van der Waals surface area contributed by atoms with E-state index in [0.717, 1.165) is 75.5 Å². The van der Waals surface area contributed by atoms with Crippen molar-refractivity contribution < 1.29 is 28.6 Å². The molecule has 0 aliphatic carbocycles. The summed E-state index contributed by atoms with van der Waals surface area (Å²) in [6.45, 7) is 13.9. The Morgan fingerprint density at radius 1 is 0.274 bits per heavy atom. The van der Waals surface area contributed by atoms with E-state index in [1.165, 1.54) is 257 Å². The lowest BCUT2D eigenvalue weighted by molar-refractivity contribution is -0.167. The van der Waals surface area contributed by atoms with Gasteiger partial charge in [0.05, 0.1) is 0 Å². The van der Waals surface area contributed by atoms with Crippen LogP contribution in [-0.2, 0) is 28.6 Å². The zero-order valence-corrected chi connectivity index (χ0v) is 50.4. The molecule has 0 aliphatic rings. The van der Waals surface area contributed by atoms with Gasteiger partial charge in [-0.15, -0.1) is 0 Å². The van der Waals surface area contributed by atoms with Crippen LogP contribution in [0.3, 0.4) is 0 Å². The van der Waals surface area contributed by atoms with Gasteiger partial charge in [0.15, 0.2) is 6.10 Å². The van der Waals surface area contributed by atoms with Gasteiger partial charge >= 0.3 is 17.9 Å². The average molecular weight is 1030 g/mol. The van der Waals surface area contributed by atoms with Crippen molar-refractivity contribution in [3.05, 3.63) is 0 Å². The van der Waals surface area contributed by atoms with Gasteiger partial charge in [-0.1, -0.05) is 337 Å². The van der Waals surface area contributed by atoms with Crippen molar-refractivity contribution in [2.75, 3.05) is 13.2 Å². The monoisotopic (exact) mass is 1030 g/mol. The minimum Gasteiger partial charge on any atom is -0.462 e. The maximum absolute atomic E-state index is 12.9. The van der Waals surface area contributed by atoms with E-state index in [9.17, 15) is 14.4 Å². The molecule has 2 atom stereocenters. The minimum absolute atomic E-state index is 0.0624. The van der Waals surface area contributed by atoms with Gasteiger partial charge in [0.2, 0.25) is 0 Å². The van der Waals surface area contributed by atoms with Crippen molar-refractivity contribution in [3.8, 4) is 0 Å². The van der Waals surface area contributed by atoms with Crippen molar-refractivity contribution in [3.63, 3.8) is 0 Å². The second kappa shape index (κ2) is 58.1. The molecule has 6 nitrogen and oxygen atoms in total. The van der Waals surface area contributed by atoms with E-state index in [1.54, 1.807) is 0 Å². The number of esters is 3. The highest BCUT2D eigenvalue weighted by Crippen LogP contribution is 2.20. The van der Waals surface area contributed by atoms with Gasteiger partial charge in [-0.2, -0.15) is 0 Å². The summed E-state index contributed by atoms with van der Waals surface area (Å²) < 4.78 is 17.0. The van der Waals surface area contributed by atoms with E-state index in [0.29, 0.717) is 19.3 Å². The van der Waals surface area contributed by atoms with Gasteiger partial charge in [-0.3, -0.25) is 14.4 Å². The molecule has 0 aromatic heterocycles. The van der Waals surface area contributed by atoms with Crippen LogP contribution in [0.1, 0.15) is 375 Å². The van der Waals surface area contributed by atoms with Crippen molar-refractivity contribution >= 4 is 17.9 Å². The summed E-state index contributed by atoms with van der Waals surface area (Å²) in [5.74, 6) is 1.76. The number of unbranched alkanes of at least 4 members (excludes halogenated alkanes) is 42. The maximum atomic E-state index is 12.9. The highest BCUT2D eigenvalue weighted by Gasteiger charge is 2.20. The molecule has 0 saturated carbocycles. The number of carbonyl (C=O) groups excluding carboxylic acids is 3. The van der Waals surface area contributed by atoms with Crippen molar-refractivity contribution in [2.24, 2.45) is 17.8 Å². The van der Waals surface area contributed by atoms with Gasteiger partial charge < -0.3 is 14.2 Å². The van der Waals surface area contributed by atoms with Crippen LogP contribution >= 0.6 is 0 Å². The maximum Gasteiger partial charge on any atom is 0.306 e. The number of hydrogen-bond acceptors (Lipinski definition) is 6. The molecule has 0 rings (SSSR count). The third kappa shape index (κ3) is 59.5. The van der Waals surface area contributed by atoms with Gasteiger partial charge in [0, 0.05) is 19.3 Å². The van der Waals surface area contributed by atoms with Crippen LogP contribution in [0.4, 0.5) is 0 Å². The first-order valence-corrected chi connectivity index (χ1v) is 33.1.